The van der Waals surface area contributed by atoms with Crippen LogP contribution >= 0.6 is 0 Å². The van der Waals surface area contributed by atoms with Crippen LogP contribution in [0.3, 0.4) is 0 Å². The first-order valence-corrected chi connectivity index (χ1v) is 14.0. The molecule has 0 aliphatic heterocycles. The summed E-state index contributed by atoms with van der Waals surface area (Å²) in [6.07, 6.45) is -2.24. The molecule has 2 unspecified atom stereocenters. The van der Waals surface area contributed by atoms with E-state index in [-0.39, 0.29) is 11.8 Å². The largest absolute Gasteiger partial charge is 0.416 e. The number of nitrogens with zero attached hydrogens (tertiary/aromatic N) is 1. The van der Waals surface area contributed by atoms with Crippen molar-refractivity contribution in [3.63, 3.8) is 0 Å². The number of hydrogen-bond acceptors (Lipinski definition) is 2. The van der Waals surface area contributed by atoms with E-state index in [9.17, 15) is 22.2 Å². The molecule has 1 aliphatic rings. The molecule has 3 aromatic carbocycles. The number of benzene rings is 3. The Balaban J connectivity index is 1.36. The zero-order chi connectivity index (χ0) is 27.0. The third kappa shape index (κ3) is 5.41. The smallest absolute Gasteiger partial charge is 0.348 e. The van der Waals surface area contributed by atoms with Crippen LogP contribution < -0.4 is 5.32 Å². The van der Waals surface area contributed by atoms with Gasteiger partial charge in [0.2, 0.25) is 0 Å². The number of aromatic nitrogens is 1. The zero-order valence-electron chi connectivity index (χ0n) is 21.2. The number of amides is 1. The van der Waals surface area contributed by atoms with Gasteiger partial charge >= 0.3 is 6.18 Å². The number of alkyl halides is 3. The number of fused-ring (bicyclic) bond motifs is 1. The lowest BCUT2D eigenvalue weighted by molar-refractivity contribution is -0.137. The van der Waals surface area contributed by atoms with E-state index < -0.39 is 22.5 Å². The van der Waals surface area contributed by atoms with Crippen molar-refractivity contribution in [2.75, 3.05) is 5.75 Å². The van der Waals surface area contributed by atoms with Gasteiger partial charge in [0.15, 0.2) is 0 Å². The van der Waals surface area contributed by atoms with E-state index in [0.29, 0.717) is 23.9 Å². The molecule has 1 heterocycles. The molecule has 1 fully saturated rings. The molecule has 1 saturated carbocycles. The first-order valence-electron chi connectivity index (χ1n) is 12.7. The van der Waals surface area contributed by atoms with Gasteiger partial charge in [0.25, 0.3) is 5.91 Å². The van der Waals surface area contributed by atoms with E-state index in [2.05, 4.69) is 16.0 Å². The fourth-order valence-electron chi connectivity index (χ4n) is 4.81. The molecule has 0 saturated heterocycles. The Morgan fingerprint density at radius 1 is 1.03 bits per heavy atom. The minimum Gasteiger partial charge on any atom is -0.348 e. The Morgan fingerprint density at radius 3 is 2.32 bits per heavy atom. The summed E-state index contributed by atoms with van der Waals surface area (Å²) in [5.41, 5.74) is 3.68. The van der Waals surface area contributed by atoms with Crippen molar-refractivity contribution in [2.24, 2.45) is 0 Å². The average molecular weight is 539 g/mol. The molecule has 38 heavy (non-hydrogen) atoms. The molecule has 4 nitrogen and oxygen atoms in total. The lowest BCUT2D eigenvalue weighted by atomic mass is 9.96. The Labute approximate surface area is 222 Å². The maximum absolute atomic E-state index is 13.0. The van der Waals surface area contributed by atoms with Gasteiger partial charge in [-0.05, 0) is 72.5 Å². The van der Waals surface area contributed by atoms with Crippen molar-refractivity contribution in [3.8, 4) is 0 Å². The molecule has 2 atom stereocenters. The highest BCUT2D eigenvalue weighted by Gasteiger charge is 2.32. The van der Waals surface area contributed by atoms with Crippen LogP contribution in [-0.2, 0) is 23.5 Å². The van der Waals surface area contributed by atoms with Gasteiger partial charge in [-0.3, -0.25) is 9.00 Å². The van der Waals surface area contributed by atoms with E-state index >= 15 is 0 Å². The van der Waals surface area contributed by atoms with Crippen molar-refractivity contribution in [1.82, 2.24) is 9.88 Å². The molecule has 4 aromatic rings. The Kier molecular flexibility index (Phi) is 7.18. The minimum absolute atomic E-state index is 0.104. The number of halogens is 3. The highest BCUT2D eigenvalue weighted by Crippen LogP contribution is 2.43. The summed E-state index contributed by atoms with van der Waals surface area (Å²) < 4.78 is 53.3. The van der Waals surface area contributed by atoms with Gasteiger partial charge in [0.1, 0.15) is 0 Å². The first kappa shape index (κ1) is 26.2. The Morgan fingerprint density at radius 2 is 1.71 bits per heavy atom. The van der Waals surface area contributed by atoms with Gasteiger partial charge in [-0.15, -0.1) is 0 Å². The van der Waals surface area contributed by atoms with Crippen LogP contribution in [0.1, 0.15) is 71.4 Å². The van der Waals surface area contributed by atoms with Crippen molar-refractivity contribution in [2.45, 2.75) is 56.3 Å². The second kappa shape index (κ2) is 10.4. The van der Waals surface area contributed by atoms with Gasteiger partial charge in [-0.1, -0.05) is 38.1 Å². The lowest BCUT2D eigenvalue weighted by Gasteiger charge is -2.17. The van der Waals surface area contributed by atoms with Crippen LogP contribution in [0.2, 0.25) is 0 Å². The van der Waals surface area contributed by atoms with Gasteiger partial charge in [0, 0.05) is 51.3 Å². The standard InChI is InChI=1S/C30H29F3N2O2S/c1-3-38(37)26-13-4-20(5-14-26)18-34-29(36)22-8-15-27-23(16-22)17-28(35(27)25-11-12-25)19(2)21-6-9-24(10-7-21)30(31,32)33/h4-10,13-17,19,25H,3,11-12,18H2,1-2H3,(H,34,36). The van der Waals surface area contributed by atoms with Crippen molar-refractivity contribution in [1.29, 1.82) is 0 Å². The van der Waals surface area contributed by atoms with E-state index in [1.807, 2.05) is 56.3 Å². The summed E-state index contributed by atoms with van der Waals surface area (Å²) in [6, 6.07) is 20.8. The van der Waals surface area contributed by atoms with E-state index in [4.69, 9.17) is 0 Å². The fraction of sp³-hybridized carbons (Fsp3) is 0.300. The van der Waals surface area contributed by atoms with E-state index in [1.54, 1.807) is 12.1 Å². The highest BCUT2D eigenvalue weighted by molar-refractivity contribution is 7.85. The summed E-state index contributed by atoms with van der Waals surface area (Å²) in [6.45, 7) is 4.23. The molecule has 1 amide bonds. The molecule has 198 valence electrons. The van der Waals surface area contributed by atoms with Crippen molar-refractivity contribution < 1.29 is 22.2 Å². The topological polar surface area (TPSA) is 51.1 Å². The maximum Gasteiger partial charge on any atom is 0.416 e. The third-order valence-electron chi connectivity index (χ3n) is 7.13. The van der Waals surface area contributed by atoms with Crippen molar-refractivity contribution in [3.05, 3.63) is 101 Å². The summed E-state index contributed by atoms with van der Waals surface area (Å²) in [5, 5.41) is 3.89. The van der Waals surface area contributed by atoms with Crippen LogP contribution in [0, 0.1) is 0 Å². The first-order chi connectivity index (χ1) is 18.2. The highest BCUT2D eigenvalue weighted by atomic mass is 32.2. The number of carbonyl (C=O) groups excluding carboxylic acids is 1. The zero-order valence-corrected chi connectivity index (χ0v) is 22.0. The lowest BCUT2D eigenvalue weighted by Crippen LogP contribution is -2.22. The number of carbonyl (C=O) groups is 1. The van der Waals surface area contributed by atoms with E-state index in [1.165, 1.54) is 0 Å². The van der Waals surface area contributed by atoms with Crippen LogP contribution in [0.15, 0.2) is 77.7 Å². The molecule has 1 aliphatic carbocycles. The molecule has 1 N–H and O–H groups in total. The molecule has 0 spiro atoms. The number of nitrogens with one attached hydrogen (secondary N) is 1. The van der Waals surface area contributed by atoms with Gasteiger partial charge in [0.05, 0.1) is 16.4 Å². The minimum atomic E-state index is -4.36. The SMILES string of the molecule is CCS(=O)c1ccc(CNC(=O)c2ccc3c(c2)cc(C(C)c2ccc(C(F)(F)F)cc2)n3C2CC2)cc1. The predicted octanol–water partition coefficient (Wildman–Crippen LogP) is 7.20. The molecule has 0 bridgehead atoms. The Bertz CT molecular complexity index is 1490. The fourth-order valence-corrected chi connectivity index (χ4v) is 5.59. The predicted molar refractivity (Wildman–Crippen MR) is 144 cm³/mol. The van der Waals surface area contributed by atoms with Crippen molar-refractivity contribution >= 4 is 27.6 Å². The van der Waals surface area contributed by atoms with Gasteiger partial charge in [-0.2, -0.15) is 13.2 Å². The van der Waals surface area contributed by atoms with Crippen LogP contribution in [0.25, 0.3) is 10.9 Å². The number of hydrogen-bond donors (Lipinski definition) is 1. The van der Waals surface area contributed by atoms with Gasteiger partial charge < -0.3 is 9.88 Å². The average Bonchev–Trinajstić information content (AvgIpc) is 3.69. The monoisotopic (exact) mass is 538 g/mol. The van der Waals surface area contributed by atoms with Gasteiger partial charge in [-0.25, -0.2) is 0 Å². The molecule has 0 radical (unpaired) electrons. The molecule has 5 rings (SSSR count). The molecule has 1 aromatic heterocycles. The second-order valence-corrected chi connectivity index (χ2v) is 11.5. The summed E-state index contributed by atoms with van der Waals surface area (Å²) in [7, 11) is -1.01. The quantitative estimate of drug-likeness (QED) is 0.258. The summed E-state index contributed by atoms with van der Waals surface area (Å²) in [5.74, 6) is 0.267. The number of rotatable bonds is 8. The summed E-state index contributed by atoms with van der Waals surface area (Å²) in [4.78, 5) is 13.7. The molecule has 8 heteroatoms. The van der Waals surface area contributed by atoms with Crippen LogP contribution in [-0.4, -0.2) is 20.4 Å². The summed E-state index contributed by atoms with van der Waals surface area (Å²) >= 11 is 0. The van der Waals surface area contributed by atoms with Crippen LogP contribution in [0.4, 0.5) is 13.2 Å². The van der Waals surface area contributed by atoms with E-state index in [0.717, 1.165) is 57.6 Å². The van der Waals surface area contributed by atoms with Crippen LogP contribution in [0.5, 0.6) is 0 Å². The molecular formula is C30H29F3N2O2S. The normalized spacial score (nSPS) is 15.4. The molecular weight excluding hydrogens is 509 g/mol. The third-order valence-corrected chi connectivity index (χ3v) is 8.45. The maximum atomic E-state index is 13.0. The Hall–Kier alpha value is -3.39. The second-order valence-electron chi connectivity index (χ2n) is 9.75.